The highest BCUT2D eigenvalue weighted by Crippen LogP contribution is 2.29. The van der Waals surface area contributed by atoms with Crippen LogP contribution in [0.25, 0.3) is 0 Å². The van der Waals surface area contributed by atoms with Crippen LogP contribution in [0.4, 0.5) is 0 Å². The first-order chi connectivity index (χ1) is 12.1. The topological polar surface area (TPSA) is 34.3 Å². The molecule has 0 aromatic rings. The van der Waals surface area contributed by atoms with Gasteiger partial charge in [0, 0.05) is 0 Å². The lowest BCUT2D eigenvalue weighted by molar-refractivity contribution is -0.0469. The Balaban J connectivity index is 1.63. The van der Waals surface area contributed by atoms with Gasteiger partial charge in [-0.05, 0) is 24.7 Å². The van der Waals surface area contributed by atoms with Crippen LogP contribution in [0, 0.1) is 11.8 Å². The van der Waals surface area contributed by atoms with Crippen molar-refractivity contribution in [3.63, 3.8) is 0 Å². The molecule has 2 aliphatic rings. The van der Waals surface area contributed by atoms with Gasteiger partial charge in [-0.3, -0.25) is 0 Å². The smallest absolute Gasteiger partial charge is 0.107 e. The zero-order valence-corrected chi connectivity index (χ0v) is 17.2. The van der Waals surface area contributed by atoms with Crippen molar-refractivity contribution in [3.05, 3.63) is 0 Å². The zero-order valence-electron chi connectivity index (χ0n) is 17.2. The molecule has 0 aliphatic carbocycles. The molecule has 2 aliphatic heterocycles. The van der Waals surface area contributed by atoms with Gasteiger partial charge in [-0.2, -0.15) is 0 Å². The molecule has 3 heteroatoms. The second-order valence-electron chi connectivity index (χ2n) is 9.02. The number of epoxide rings is 2. The average Bonchev–Trinajstić information content (AvgIpc) is 3.43. The van der Waals surface area contributed by atoms with Crippen LogP contribution >= 0.6 is 0 Å². The Labute approximate surface area is 156 Å². The molecule has 2 heterocycles. The average molecular weight is 355 g/mol. The summed E-state index contributed by atoms with van der Waals surface area (Å²) in [6.07, 6.45) is 14.2. The van der Waals surface area contributed by atoms with E-state index in [4.69, 9.17) is 14.2 Å². The number of hydrogen-bond acceptors (Lipinski definition) is 3. The second kappa shape index (κ2) is 11.6. The Bertz CT molecular complexity index is 302. The summed E-state index contributed by atoms with van der Waals surface area (Å²) in [7, 11) is 0. The van der Waals surface area contributed by atoms with Crippen LogP contribution < -0.4 is 0 Å². The molecule has 4 atom stereocenters. The number of unbranched alkanes of at least 4 members (excludes halogenated alkanes) is 4. The maximum Gasteiger partial charge on any atom is 0.107 e. The molecule has 2 fully saturated rings. The van der Waals surface area contributed by atoms with Crippen molar-refractivity contribution in [2.24, 2.45) is 11.8 Å². The van der Waals surface area contributed by atoms with E-state index in [0.717, 1.165) is 37.9 Å². The Hall–Kier alpha value is -0.120. The summed E-state index contributed by atoms with van der Waals surface area (Å²) in [6, 6.07) is 0. The summed E-state index contributed by atoms with van der Waals surface area (Å²) in [4.78, 5) is 0. The van der Waals surface area contributed by atoms with Gasteiger partial charge >= 0.3 is 0 Å². The largest absolute Gasteiger partial charge is 0.370 e. The van der Waals surface area contributed by atoms with Gasteiger partial charge < -0.3 is 14.2 Å². The van der Waals surface area contributed by atoms with Crippen molar-refractivity contribution in [3.8, 4) is 0 Å². The van der Waals surface area contributed by atoms with Gasteiger partial charge in [0.25, 0.3) is 0 Å². The number of ether oxygens (including phenoxy) is 3. The van der Waals surface area contributed by atoms with Gasteiger partial charge in [-0.1, -0.05) is 79.1 Å². The van der Waals surface area contributed by atoms with E-state index >= 15 is 0 Å². The van der Waals surface area contributed by atoms with Crippen molar-refractivity contribution < 1.29 is 14.2 Å². The van der Waals surface area contributed by atoms with Crippen molar-refractivity contribution in [1.82, 2.24) is 0 Å². The Morgan fingerprint density at radius 1 is 0.640 bits per heavy atom. The molecule has 4 unspecified atom stereocenters. The van der Waals surface area contributed by atoms with Gasteiger partial charge in [0.15, 0.2) is 0 Å². The van der Waals surface area contributed by atoms with Crippen LogP contribution in [0.1, 0.15) is 91.9 Å². The molecule has 2 saturated heterocycles. The Kier molecular flexibility index (Phi) is 9.80. The lowest BCUT2D eigenvalue weighted by Crippen LogP contribution is -2.30. The summed E-state index contributed by atoms with van der Waals surface area (Å²) in [5.74, 6) is 1.65. The van der Waals surface area contributed by atoms with Crippen molar-refractivity contribution >= 4 is 0 Å². The molecule has 2 rings (SSSR count). The summed E-state index contributed by atoms with van der Waals surface area (Å²) in [5.41, 5.74) is 0. The third kappa shape index (κ3) is 9.96. The van der Waals surface area contributed by atoms with Crippen LogP contribution in [0.5, 0.6) is 0 Å². The Morgan fingerprint density at radius 2 is 1.00 bits per heavy atom. The quantitative estimate of drug-likeness (QED) is 0.261. The molecule has 0 saturated carbocycles. The van der Waals surface area contributed by atoms with Crippen LogP contribution in [-0.2, 0) is 14.2 Å². The van der Waals surface area contributed by atoms with Crippen LogP contribution in [0.15, 0.2) is 0 Å². The van der Waals surface area contributed by atoms with Crippen molar-refractivity contribution in [2.45, 2.75) is 116 Å². The molecular formula is C22H42O3. The third-order valence-electron chi connectivity index (χ3n) is 5.44. The molecule has 0 aromatic carbocycles. The normalized spacial score (nSPS) is 24.7. The zero-order chi connectivity index (χ0) is 18.1. The summed E-state index contributed by atoms with van der Waals surface area (Å²) in [5, 5.41) is 0. The highest BCUT2D eigenvalue weighted by atomic mass is 16.6. The summed E-state index contributed by atoms with van der Waals surface area (Å²) < 4.78 is 17.6. The van der Waals surface area contributed by atoms with E-state index < -0.39 is 0 Å². The molecule has 148 valence electrons. The molecule has 25 heavy (non-hydrogen) atoms. The van der Waals surface area contributed by atoms with Gasteiger partial charge in [-0.15, -0.1) is 0 Å². The molecule has 0 spiro atoms. The van der Waals surface area contributed by atoms with Gasteiger partial charge in [0.05, 0.1) is 25.4 Å². The first kappa shape index (κ1) is 21.2. The molecule has 0 radical (unpaired) electrons. The van der Waals surface area contributed by atoms with E-state index in [-0.39, 0.29) is 0 Å². The highest BCUT2D eigenvalue weighted by Gasteiger charge is 2.39. The van der Waals surface area contributed by atoms with Crippen LogP contribution in [0.3, 0.4) is 0 Å². The van der Waals surface area contributed by atoms with E-state index in [1.807, 2.05) is 0 Å². The maximum absolute atomic E-state index is 6.50. The van der Waals surface area contributed by atoms with Crippen molar-refractivity contribution in [2.75, 3.05) is 13.2 Å². The predicted octanol–water partition coefficient (Wildman–Crippen LogP) is 5.75. The van der Waals surface area contributed by atoms with E-state index in [9.17, 15) is 0 Å². The first-order valence-corrected chi connectivity index (χ1v) is 10.9. The highest BCUT2D eigenvalue weighted by molar-refractivity contribution is 4.86. The minimum Gasteiger partial charge on any atom is -0.370 e. The fourth-order valence-corrected chi connectivity index (χ4v) is 3.60. The fourth-order valence-electron chi connectivity index (χ4n) is 3.60. The lowest BCUT2D eigenvalue weighted by atomic mass is 10.0. The van der Waals surface area contributed by atoms with Gasteiger partial charge in [-0.25, -0.2) is 0 Å². The SMILES string of the molecule is CC(C)CCCCCC(OC(CCCCCC(C)C)C1CO1)C1CO1. The van der Waals surface area contributed by atoms with Crippen LogP contribution in [0.2, 0.25) is 0 Å². The fraction of sp³-hybridized carbons (Fsp3) is 1.00. The van der Waals surface area contributed by atoms with Gasteiger partial charge in [0.2, 0.25) is 0 Å². The van der Waals surface area contributed by atoms with E-state index in [1.54, 1.807) is 0 Å². The Morgan fingerprint density at radius 3 is 1.32 bits per heavy atom. The maximum atomic E-state index is 6.50. The molecule has 3 nitrogen and oxygen atoms in total. The van der Waals surface area contributed by atoms with E-state index in [0.29, 0.717) is 24.4 Å². The molecule has 0 bridgehead atoms. The molecule has 0 aromatic heterocycles. The third-order valence-corrected chi connectivity index (χ3v) is 5.44. The molecule has 0 amide bonds. The van der Waals surface area contributed by atoms with Crippen molar-refractivity contribution in [1.29, 1.82) is 0 Å². The predicted molar refractivity (Wildman–Crippen MR) is 104 cm³/mol. The minimum atomic E-state index is 0.295. The summed E-state index contributed by atoms with van der Waals surface area (Å²) >= 11 is 0. The van der Waals surface area contributed by atoms with E-state index in [2.05, 4.69) is 27.7 Å². The lowest BCUT2D eigenvalue weighted by Gasteiger charge is -2.23. The number of rotatable bonds is 16. The molecule has 0 N–H and O–H groups in total. The number of hydrogen-bond donors (Lipinski definition) is 0. The second-order valence-corrected chi connectivity index (χ2v) is 9.02. The molecular weight excluding hydrogens is 312 g/mol. The minimum absolute atomic E-state index is 0.295. The van der Waals surface area contributed by atoms with Crippen LogP contribution in [-0.4, -0.2) is 37.6 Å². The first-order valence-electron chi connectivity index (χ1n) is 10.9. The van der Waals surface area contributed by atoms with Gasteiger partial charge in [0.1, 0.15) is 12.2 Å². The monoisotopic (exact) mass is 354 g/mol. The standard InChI is InChI=1S/C22H42O3/c1-17(2)11-7-5-9-13-19(21-15-23-21)25-20(22-16-24-22)14-10-6-8-12-18(3)4/h17-22H,5-16H2,1-4H3. The summed E-state index contributed by atoms with van der Waals surface area (Å²) in [6.45, 7) is 11.0. The van der Waals surface area contributed by atoms with E-state index in [1.165, 1.54) is 51.4 Å².